The molecule has 1 amide bonds. The maximum Gasteiger partial charge on any atom is 0.421 e. The number of nitrogens with one attached hydrogen (secondary N) is 1. The van der Waals surface area contributed by atoms with Gasteiger partial charge in [0.1, 0.15) is 18.8 Å². The number of esters is 1. The Balaban J connectivity index is 1.79. The minimum atomic E-state index is -4.74. The summed E-state index contributed by atoms with van der Waals surface area (Å²) in [4.78, 5) is 34.2. The van der Waals surface area contributed by atoms with Gasteiger partial charge in [0.25, 0.3) is 10.0 Å². The Morgan fingerprint density at radius 1 is 0.818 bits per heavy atom. The van der Waals surface area contributed by atoms with E-state index in [1.807, 2.05) is 0 Å². The lowest BCUT2D eigenvalue weighted by atomic mass is 10.2. The number of carbonyl (C=O) groups excluding carboxylic acids is 2. The molecule has 1 N–H and O–H groups in total. The van der Waals surface area contributed by atoms with Gasteiger partial charge in [0.15, 0.2) is 4.90 Å². The van der Waals surface area contributed by atoms with E-state index in [-0.39, 0.29) is 13.2 Å². The Bertz CT molecular complexity index is 1260. The molecule has 0 radical (unpaired) electrons. The average Bonchev–Trinajstić information content (AvgIpc) is 2.81. The molecule has 0 saturated carbocycles. The van der Waals surface area contributed by atoms with Crippen LogP contribution in [0.2, 0.25) is 0 Å². The van der Waals surface area contributed by atoms with Crippen molar-refractivity contribution in [3.63, 3.8) is 0 Å². The van der Waals surface area contributed by atoms with Gasteiger partial charge < -0.3 is 9.47 Å². The van der Waals surface area contributed by atoms with E-state index in [2.05, 4.69) is 0 Å². The molecule has 0 aromatic heterocycles. The Labute approximate surface area is 189 Å². The fraction of sp³-hybridized carbons (Fsp3) is 0.0909. The zero-order chi connectivity index (χ0) is 23.8. The van der Waals surface area contributed by atoms with Crippen molar-refractivity contribution in [1.82, 2.24) is 4.72 Å². The van der Waals surface area contributed by atoms with Crippen molar-refractivity contribution in [3.05, 3.63) is 106 Å². The van der Waals surface area contributed by atoms with Crippen molar-refractivity contribution >= 4 is 27.8 Å². The van der Waals surface area contributed by atoms with Gasteiger partial charge in [0.2, 0.25) is 0 Å². The summed E-state index contributed by atoms with van der Waals surface area (Å²) in [6.07, 6.45) is -1.33. The molecule has 11 heteroatoms. The molecule has 33 heavy (non-hydrogen) atoms. The van der Waals surface area contributed by atoms with E-state index in [1.54, 1.807) is 65.4 Å². The summed E-state index contributed by atoms with van der Waals surface area (Å²) in [5.74, 6) is -1.09. The number of hydrogen-bond donors (Lipinski definition) is 1. The van der Waals surface area contributed by atoms with Gasteiger partial charge in [-0.1, -0.05) is 66.7 Å². The van der Waals surface area contributed by atoms with Crippen LogP contribution < -0.4 is 4.72 Å². The van der Waals surface area contributed by atoms with Crippen LogP contribution in [0, 0.1) is 10.1 Å². The van der Waals surface area contributed by atoms with Crippen LogP contribution >= 0.6 is 0 Å². The Morgan fingerprint density at radius 2 is 1.36 bits per heavy atom. The van der Waals surface area contributed by atoms with Gasteiger partial charge in [-0.15, -0.1) is 0 Å². The average molecular weight is 470 g/mol. The fourth-order valence-electron chi connectivity index (χ4n) is 2.81. The maximum atomic E-state index is 12.7. The van der Waals surface area contributed by atoms with E-state index in [0.29, 0.717) is 11.1 Å². The quantitative estimate of drug-likeness (QED) is 0.299. The lowest BCUT2D eigenvalue weighted by Gasteiger charge is -2.11. The van der Waals surface area contributed by atoms with Crippen LogP contribution in [-0.2, 0) is 32.7 Å². The third-order valence-corrected chi connectivity index (χ3v) is 5.68. The number of ether oxygens (including phenoxy) is 2. The maximum absolute atomic E-state index is 12.7. The number of amides is 1. The first-order valence-electron chi connectivity index (χ1n) is 9.50. The first-order chi connectivity index (χ1) is 15.8. The summed E-state index contributed by atoms with van der Waals surface area (Å²) in [6.45, 7) is -0.381. The van der Waals surface area contributed by atoms with Crippen LogP contribution in [0.3, 0.4) is 0 Å². The normalized spacial score (nSPS) is 10.8. The molecule has 0 aliphatic carbocycles. The molecule has 170 valence electrons. The molecular weight excluding hydrogens is 452 g/mol. The van der Waals surface area contributed by atoms with Gasteiger partial charge in [0.05, 0.1) is 4.92 Å². The highest BCUT2D eigenvalue weighted by Crippen LogP contribution is 2.29. The lowest BCUT2D eigenvalue weighted by molar-refractivity contribution is -0.388. The fourth-order valence-corrected chi connectivity index (χ4v) is 3.90. The molecule has 3 aromatic rings. The van der Waals surface area contributed by atoms with Crippen molar-refractivity contribution < 1.29 is 32.4 Å². The Kier molecular flexibility index (Phi) is 7.36. The first kappa shape index (κ1) is 23.4. The minimum Gasteiger partial charge on any atom is -0.457 e. The van der Waals surface area contributed by atoms with Gasteiger partial charge in [-0.25, -0.2) is 22.7 Å². The van der Waals surface area contributed by atoms with E-state index in [1.165, 1.54) is 0 Å². The number of carbonyl (C=O) groups is 2. The van der Waals surface area contributed by atoms with Crippen molar-refractivity contribution in [2.45, 2.75) is 18.1 Å². The molecule has 0 spiro atoms. The number of nitro groups is 1. The number of rotatable bonds is 8. The molecule has 0 aliphatic rings. The van der Waals surface area contributed by atoms with Crippen molar-refractivity contribution in [3.8, 4) is 0 Å². The number of nitro benzene ring substituents is 1. The second-order valence-corrected chi connectivity index (χ2v) is 8.29. The molecule has 0 fully saturated rings. The first-order valence-corrected chi connectivity index (χ1v) is 11.0. The summed E-state index contributed by atoms with van der Waals surface area (Å²) < 4.78 is 36.9. The second-order valence-electron chi connectivity index (χ2n) is 6.64. The standard InChI is InChI=1S/C22H18N2O8S/c25-21(31-14-16-8-3-1-4-9-16)18-12-7-13-19(20(18)24(27)28)33(29,30)23-22(26)32-15-17-10-5-2-6-11-17/h1-13H,14-15H2,(H,23,26). The predicted molar refractivity (Wildman–Crippen MR) is 116 cm³/mol. The van der Waals surface area contributed by atoms with Crippen molar-refractivity contribution in [2.24, 2.45) is 0 Å². The van der Waals surface area contributed by atoms with Crippen molar-refractivity contribution in [1.29, 1.82) is 0 Å². The molecule has 10 nitrogen and oxygen atoms in total. The lowest BCUT2D eigenvalue weighted by Crippen LogP contribution is -2.31. The number of benzene rings is 3. The van der Waals surface area contributed by atoms with Crippen LogP contribution in [0.25, 0.3) is 0 Å². The summed E-state index contributed by atoms with van der Waals surface area (Å²) in [5, 5.41) is 11.7. The van der Waals surface area contributed by atoms with E-state index < -0.39 is 43.2 Å². The molecular formula is C22H18N2O8S. The summed E-state index contributed by atoms with van der Waals surface area (Å²) in [5.41, 5.74) is -0.338. The van der Waals surface area contributed by atoms with Crippen LogP contribution in [0.4, 0.5) is 10.5 Å². The molecule has 0 heterocycles. The summed E-state index contributed by atoms with van der Waals surface area (Å²) >= 11 is 0. The van der Waals surface area contributed by atoms with Gasteiger partial charge in [-0.05, 0) is 23.3 Å². The third-order valence-electron chi connectivity index (χ3n) is 4.33. The highest BCUT2D eigenvalue weighted by atomic mass is 32.2. The van der Waals surface area contributed by atoms with Crippen molar-refractivity contribution in [2.75, 3.05) is 0 Å². The molecule has 0 saturated heterocycles. The molecule has 0 bridgehead atoms. The van der Waals surface area contributed by atoms with Crippen LogP contribution in [0.5, 0.6) is 0 Å². The smallest absolute Gasteiger partial charge is 0.421 e. The number of para-hydroxylation sites is 1. The second kappa shape index (κ2) is 10.4. The van der Waals surface area contributed by atoms with Crippen LogP contribution in [-0.4, -0.2) is 25.4 Å². The zero-order valence-electron chi connectivity index (χ0n) is 17.0. The van der Waals surface area contributed by atoms with E-state index in [4.69, 9.17) is 9.47 Å². The molecule has 3 rings (SSSR count). The van der Waals surface area contributed by atoms with Gasteiger partial charge >= 0.3 is 17.7 Å². The molecule has 0 aliphatic heterocycles. The molecule has 0 unspecified atom stereocenters. The third kappa shape index (κ3) is 6.14. The van der Waals surface area contributed by atoms with E-state index in [0.717, 1.165) is 18.2 Å². The highest BCUT2D eigenvalue weighted by molar-refractivity contribution is 7.90. The largest absolute Gasteiger partial charge is 0.457 e. The Hall–Kier alpha value is -4.25. The highest BCUT2D eigenvalue weighted by Gasteiger charge is 2.33. The van der Waals surface area contributed by atoms with E-state index in [9.17, 15) is 28.1 Å². The molecule has 0 atom stereocenters. The Morgan fingerprint density at radius 3 is 1.91 bits per heavy atom. The molecule has 3 aromatic carbocycles. The zero-order valence-corrected chi connectivity index (χ0v) is 17.9. The predicted octanol–water partition coefficient (Wildman–Crippen LogP) is 3.57. The van der Waals surface area contributed by atoms with E-state index >= 15 is 0 Å². The van der Waals surface area contributed by atoms with Crippen LogP contribution in [0.15, 0.2) is 83.8 Å². The SMILES string of the molecule is O=C(NS(=O)(=O)c1cccc(C(=O)OCc2ccccc2)c1[N+](=O)[O-])OCc1ccccc1. The van der Waals surface area contributed by atoms with Gasteiger partial charge in [-0.2, -0.15) is 0 Å². The topological polar surface area (TPSA) is 142 Å². The summed E-state index contributed by atoms with van der Waals surface area (Å²) in [7, 11) is -4.74. The van der Waals surface area contributed by atoms with Crippen LogP contribution in [0.1, 0.15) is 21.5 Å². The van der Waals surface area contributed by atoms with Gasteiger partial charge in [-0.3, -0.25) is 10.1 Å². The minimum absolute atomic E-state index is 0.169. The number of hydrogen-bond acceptors (Lipinski definition) is 8. The van der Waals surface area contributed by atoms with Gasteiger partial charge in [0, 0.05) is 0 Å². The monoisotopic (exact) mass is 470 g/mol. The number of nitrogens with zero attached hydrogens (tertiary/aromatic N) is 1. The summed E-state index contributed by atoms with van der Waals surface area (Å²) in [6, 6.07) is 20.2. The number of sulfonamides is 1.